The van der Waals surface area contributed by atoms with Gasteiger partial charge in [0, 0.05) is 42.8 Å². The first-order valence-corrected chi connectivity index (χ1v) is 11.8. The zero-order valence-corrected chi connectivity index (χ0v) is 19.9. The summed E-state index contributed by atoms with van der Waals surface area (Å²) in [5, 5.41) is 9.80. The predicted octanol–water partition coefficient (Wildman–Crippen LogP) is 2.84. The molecule has 0 spiro atoms. The molecular formula is C27H31N3O4. The number of carbonyl (C=O) groups is 2. The SMILES string of the molecule is C[C@@H]1CN([C@H](C)CO)C(=O)c2cc(C#CC3CC3)cnc2O[C@H]1CN(C)C(=O)c1ccccc1. The Morgan fingerprint density at radius 1 is 1.32 bits per heavy atom. The molecule has 1 saturated carbocycles. The van der Waals surface area contributed by atoms with E-state index < -0.39 is 6.10 Å². The standard InChI is InChI=1S/C27H31N3O4/c1-18-15-30(19(2)17-31)27(33)23-13-21(12-11-20-9-10-20)14-28-25(23)34-24(18)16-29(3)26(32)22-7-5-4-6-8-22/h4-8,13-14,18-20,24,31H,9-10,15-17H2,1-3H3/t18-,19-,24+/m1/s1. The monoisotopic (exact) mass is 461 g/mol. The number of carbonyl (C=O) groups excluding carboxylic acids is 2. The van der Waals surface area contributed by atoms with Gasteiger partial charge in [-0.15, -0.1) is 0 Å². The van der Waals surface area contributed by atoms with E-state index in [1.165, 1.54) is 0 Å². The smallest absolute Gasteiger partial charge is 0.259 e. The molecule has 1 N–H and O–H groups in total. The molecule has 0 saturated heterocycles. The maximum Gasteiger partial charge on any atom is 0.259 e. The summed E-state index contributed by atoms with van der Waals surface area (Å²) in [6.45, 7) is 4.36. The number of nitrogens with zero attached hydrogens (tertiary/aromatic N) is 3. The zero-order valence-electron chi connectivity index (χ0n) is 19.9. The van der Waals surface area contributed by atoms with Crippen LogP contribution in [0.25, 0.3) is 0 Å². The van der Waals surface area contributed by atoms with E-state index in [0.717, 1.165) is 12.8 Å². The third-order valence-corrected chi connectivity index (χ3v) is 6.34. The van der Waals surface area contributed by atoms with Crippen molar-refractivity contribution in [3.05, 3.63) is 59.3 Å². The van der Waals surface area contributed by atoms with Crippen molar-refractivity contribution in [2.45, 2.75) is 38.8 Å². The van der Waals surface area contributed by atoms with Crippen LogP contribution in [0.3, 0.4) is 0 Å². The van der Waals surface area contributed by atoms with Crippen LogP contribution in [-0.2, 0) is 0 Å². The van der Waals surface area contributed by atoms with Crippen molar-refractivity contribution < 1.29 is 19.4 Å². The number of likely N-dealkylation sites (N-methyl/N-ethyl adjacent to an activating group) is 1. The molecular weight excluding hydrogens is 430 g/mol. The number of aromatic nitrogens is 1. The lowest BCUT2D eigenvalue weighted by Crippen LogP contribution is -2.50. The van der Waals surface area contributed by atoms with E-state index in [1.807, 2.05) is 32.0 Å². The van der Waals surface area contributed by atoms with Crippen molar-refractivity contribution in [3.63, 3.8) is 0 Å². The van der Waals surface area contributed by atoms with Gasteiger partial charge in [-0.2, -0.15) is 0 Å². The van der Waals surface area contributed by atoms with Crippen LogP contribution in [-0.4, -0.2) is 70.6 Å². The number of hydrogen-bond acceptors (Lipinski definition) is 5. The van der Waals surface area contributed by atoms with Gasteiger partial charge in [0.1, 0.15) is 11.7 Å². The number of amides is 2. The molecule has 1 aromatic heterocycles. The van der Waals surface area contributed by atoms with E-state index in [9.17, 15) is 14.7 Å². The van der Waals surface area contributed by atoms with Crippen molar-refractivity contribution >= 4 is 11.8 Å². The first-order chi connectivity index (χ1) is 16.4. The van der Waals surface area contributed by atoms with E-state index in [2.05, 4.69) is 16.8 Å². The molecule has 3 atom stereocenters. The van der Waals surface area contributed by atoms with Crippen molar-refractivity contribution in [2.75, 3.05) is 26.7 Å². The Morgan fingerprint density at radius 2 is 2.06 bits per heavy atom. The fourth-order valence-electron chi connectivity index (χ4n) is 3.96. The highest BCUT2D eigenvalue weighted by Crippen LogP contribution is 2.29. The molecule has 0 bridgehead atoms. The number of rotatable bonds is 5. The van der Waals surface area contributed by atoms with Crippen LogP contribution in [0.1, 0.15) is 53.0 Å². The molecule has 2 aliphatic rings. The van der Waals surface area contributed by atoms with Gasteiger partial charge in [-0.05, 0) is 38.0 Å². The summed E-state index contributed by atoms with van der Waals surface area (Å²) >= 11 is 0. The van der Waals surface area contributed by atoms with Crippen LogP contribution in [0.4, 0.5) is 0 Å². The number of benzene rings is 1. The van der Waals surface area contributed by atoms with Gasteiger partial charge in [-0.25, -0.2) is 4.98 Å². The lowest BCUT2D eigenvalue weighted by atomic mass is 9.99. The largest absolute Gasteiger partial charge is 0.472 e. The van der Waals surface area contributed by atoms with E-state index in [0.29, 0.717) is 35.7 Å². The molecule has 7 nitrogen and oxygen atoms in total. The molecule has 1 aliphatic carbocycles. The second-order valence-electron chi connectivity index (χ2n) is 9.29. The Balaban J connectivity index is 1.63. The second-order valence-corrected chi connectivity index (χ2v) is 9.29. The number of ether oxygens (including phenoxy) is 1. The van der Waals surface area contributed by atoms with Crippen molar-refractivity contribution in [2.24, 2.45) is 11.8 Å². The molecule has 0 radical (unpaired) electrons. The van der Waals surface area contributed by atoms with Gasteiger partial charge in [-0.1, -0.05) is 37.0 Å². The maximum absolute atomic E-state index is 13.4. The normalized spacial score (nSPS) is 20.7. The Hall–Kier alpha value is -3.37. The first kappa shape index (κ1) is 23.8. The minimum absolute atomic E-state index is 0.103. The molecule has 1 aromatic carbocycles. The van der Waals surface area contributed by atoms with E-state index in [-0.39, 0.29) is 36.3 Å². The number of pyridine rings is 1. The molecule has 0 unspecified atom stereocenters. The molecule has 1 fully saturated rings. The van der Waals surface area contributed by atoms with Crippen LogP contribution < -0.4 is 4.74 Å². The lowest BCUT2D eigenvalue weighted by Gasteiger charge is -2.37. The van der Waals surface area contributed by atoms with Crippen LogP contribution >= 0.6 is 0 Å². The summed E-state index contributed by atoms with van der Waals surface area (Å²) in [4.78, 5) is 34.1. The van der Waals surface area contributed by atoms with Crippen molar-refractivity contribution in [3.8, 4) is 17.7 Å². The summed E-state index contributed by atoms with van der Waals surface area (Å²) in [6.07, 6.45) is 3.46. The minimum atomic E-state index is -0.395. The summed E-state index contributed by atoms with van der Waals surface area (Å²) in [7, 11) is 1.74. The van der Waals surface area contributed by atoms with Gasteiger partial charge in [0.25, 0.3) is 11.8 Å². The minimum Gasteiger partial charge on any atom is -0.472 e. The summed E-state index contributed by atoms with van der Waals surface area (Å²) in [5.74, 6) is 6.53. The maximum atomic E-state index is 13.4. The molecule has 2 aromatic rings. The Bertz CT molecular complexity index is 1100. The number of fused-ring (bicyclic) bond motifs is 1. The highest BCUT2D eigenvalue weighted by atomic mass is 16.5. The molecule has 178 valence electrons. The van der Waals surface area contributed by atoms with Crippen LogP contribution in [0.2, 0.25) is 0 Å². The summed E-state index contributed by atoms with van der Waals surface area (Å²) < 4.78 is 6.27. The van der Waals surface area contributed by atoms with Crippen LogP contribution in [0.15, 0.2) is 42.6 Å². The van der Waals surface area contributed by atoms with Crippen LogP contribution in [0.5, 0.6) is 5.88 Å². The molecule has 34 heavy (non-hydrogen) atoms. The fourth-order valence-corrected chi connectivity index (χ4v) is 3.96. The number of aliphatic hydroxyl groups excluding tert-OH is 1. The molecule has 4 rings (SSSR count). The van der Waals surface area contributed by atoms with Gasteiger partial charge < -0.3 is 19.6 Å². The average Bonchev–Trinajstić information content (AvgIpc) is 3.69. The topological polar surface area (TPSA) is 83.0 Å². The van der Waals surface area contributed by atoms with Crippen LogP contribution in [0, 0.1) is 23.7 Å². The molecule has 2 amide bonds. The average molecular weight is 462 g/mol. The van der Waals surface area contributed by atoms with Crippen molar-refractivity contribution in [1.29, 1.82) is 0 Å². The number of hydrogen-bond donors (Lipinski definition) is 1. The Kier molecular flexibility index (Phi) is 7.18. The van der Waals surface area contributed by atoms with Gasteiger partial charge in [0.2, 0.25) is 5.88 Å². The predicted molar refractivity (Wildman–Crippen MR) is 128 cm³/mol. The second kappa shape index (κ2) is 10.3. The van der Waals surface area contributed by atoms with E-state index in [1.54, 1.807) is 41.2 Å². The molecule has 7 heteroatoms. The number of aliphatic hydroxyl groups is 1. The third-order valence-electron chi connectivity index (χ3n) is 6.34. The van der Waals surface area contributed by atoms with Gasteiger partial charge in [-0.3, -0.25) is 9.59 Å². The van der Waals surface area contributed by atoms with Crippen molar-refractivity contribution in [1.82, 2.24) is 14.8 Å². The van der Waals surface area contributed by atoms with Gasteiger partial charge in [0.15, 0.2) is 0 Å². The van der Waals surface area contributed by atoms with Gasteiger partial charge in [0.05, 0.1) is 19.2 Å². The quantitative estimate of drug-likeness (QED) is 0.693. The van der Waals surface area contributed by atoms with E-state index in [4.69, 9.17) is 4.74 Å². The van der Waals surface area contributed by atoms with E-state index >= 15 is 0 Å². The summed E-state index contributed by atoms with van der Waals surface area (Å²) in [5.41, 5.74) is 1.60. The van der Waals surface area contributed by atoms with Gasteiger partial charge >= 0.3 is 0 Å². The zero-order chi connectivity index (χ0) is 24.2. The highest BCUT2D eigenvalue weighted by molar-refractivity contribution is 5.97. The Labute approximate surface area is 200 Å². The molecule has 1 aliphatic heterocycles. The summed E-state index contributed by atoms with van der Waals surface area (Å²) in [6, 6.07) is 10.5. The third kappa shape index (κ3) is 5.40. The molecule has 2 heterocycles. The fraction of sp³-hybridized carbons (Fsp3) is 0.444. The first-order valence-electron chi connectivity index (χ1n) is 11.8. The Morgan fingerprint density at radius 3 is 2.74 bits per heavy atom. The lowest BCUT2D eigenvalue weighted by molar-refractivity contribution is 0.0313. The highest BCUT2D eigenvalue weighted by Gasteiger charge is 2.34.